The first-order valence-corrected chi connectivity index (χ1v) is 8.86. The first-order valence-electron chi connectivity index (χ1n) is 8.49. The molecule has 1 aliphatic rings. The molecule has 0 unspecified atom stereocenters. The van der Waals surface area contributed by atoms with Crippen LogP contribution in [0.25, 0.3) is 0 Å². The zero-order chi connectivity index (χ0) is 17.6. The van der Waals surface area contributed by atoms with E-state index in [-0.39, 0.29) is 0 Å². The Bertz CT molecular complexity index is 758. The van der Waals surface area contributed by atoms with E-state index in [1.165, 1.54) is 19.3 Å². The van der Waals surface area contributed by atoms with Crippen LogP contribution in [0.5, 0.6) is 5.75 Å². The zero-order valence-corrected chi connectivity index (χ0v) is 15.1. The van der Waals surface area contributed by atoms with Crippen molar-refractivity contribution in [3.63, 3.8) is 0 Å². The van der Waals surface area contributed by atoms with Gasteiger partial charge in [0, 0.05) is 31.6 Å². The Morgan fingerprint density at radius 1 is 1.36 bits per heavy atom. The molecule has 3 N–H and O–H groups in total. The van der Waals surface area contributed by atoms with Gasteiger partial charge >= 0.3 is 0 Å². The van der Waals surface area contributed by atoms with Crippen LogP contribution in [0.3, 0.4) is 0 Å². The Kier molecular flexibility index (Phi) is 5.75. The molecule has 0 amide bonds. The maximum absolute atomic E-state index is 6.10. The lowest BCUT2D eigenvalue weighted by molar-refractivity contribution is 0.415. The van der Waals surface area contributed by atoms with Gasteiger partial charge < -0.3 is 20.4 Å². The zero-order valence-electron chi connectivity index (χ0n) is 14.3. The van der Waals surface area contributed by atoms with Crippen LogP contribution in [0.2, 0.25) is 5.02 Å². The fourth-order valence-electron chi connectivity index (χ4n) is 2.94. The molecule has 1 aliphatic heterocycles. The van der Waals surface area contributed by atoms with Crippen LogP contribution in [0, 0.1) is 0 Å². The van der Waals surface area contributed by atoms with Gasteiger partial charge in [-0.3, -0.25) is 4.99 Å². The molecule has 134 valence electrons. The van der Waals surface area contributed by atoms with E-state index in [1.807, 2.05) is 6.07 Å². The second-order valence-electron chi connectivity index (χ2n) is 5.99. The van der Waals surface area contributed by atoms with E-state index in [2.05, 4.69) is 25.1 Å². The van der Waals surface area contributed by atoms with Crippen LogP contribution >= 0.6 is 11.6 Å². The van der Waals surface area contributed by atoms with E-state index in [0.717, 1.165) is 36.7 Å². The highest BCUT2D eigenvalue weighted by Gasteiger charge is 2.14. The minimum atomic E-state index is 0.344. The number of hydrogen-bond acceptors (Lipinski definition) is 4. The molecule has 0 radical (unpaired) electrons. The van der Waals surface area contributed by atoms with Crippen molar-refractivity contribution in [3.8, 4) is 5.75 Å². The van der Waals surface area contributed by atoms with Gasteiger partial charge in [0.1, 0.15) is 17.4 Å². The van der Waals surface area contributed by atoms with Crippen LogP contribution in [0.1, 0.15) is 30.9 Å². The Morgan fingerprint density at radius 2 is 2.24 bits per heavy atom. The lowest BCUT2D eigenvalue weighted by Crippen LogP contribution is -2.23. The molecule has 0 atom stereocenters. The highest BCUT2D eigenvalue weighted by atomic mass is 35.5. The molecule has 0 fully saturated rings. The molecule has 1 aromatic heterocycles. The summed E-state index contributed by atoms with van der Waals surface area (Å²) >= 11 is 6.10. The third kappa shape index (κ3) is 4.42. The summed E-state index contributed by atoms with van der Waals surface area (Å²) < 4.78 is 7.36. The summed E-state index contributed by atoms with van der Waals surface area (Å²) in [5.74, 6) is 3.04. The number of fused-ring (bicyclic) bond motifs is 1. The number of methoxy groups -OCH3 is 1. The van der Waals surface area contributed by atoms with Gasteiger partial charge in [0.05, 0.1) is 12.1 Å². The van der Waals surface area contributed by atoms with Gasteiger partial charge in [0.2, 0.25) is 0 Å². The van der Waals surface area contributed by atoms with Gasteiger partial charge in [-0.25, -0.2) is 0 Å². The normalized spacial score (nSPS) is 14.7. The average molecular weight is 363 g/mol. The molecule has 0 aliphatic carbocycles. The second-order valence-corrected chi connectivity index (χ2v) is 6.39. The molecule has 8 heteroatoms. The Morgan fingerprint density at radius 3 is 3.04 bits per heavy atom. The number of halogens is 1. The maximum Gasteiger partial charge on any atom is 0.193 e. The minimum absolute atomic E-state index is 0.344. The van der Waals surface area contributed by atoms with Crippen LogP contribution in [-0.2, 0) is 19.4 Å². The lowest BCUT2D eigenvalue weighted by atomic mass is 10.2. The molecule has 25 heavy (non-hydrogen) atoms. The highest BCUT2D eigenvalue weighted by Crippen LogP contribution is 2.27. The van der Waals surface area contributed by atoms with Gasteiger partial charge in [-0.05, 0) is 31.0 Å². The summed E-state index contributed by atoms with van der Waals surface area (Å²) in [6.45, 7) is 1.56. The Hall–Kier alpha value is -2.28. The largest absolute Gasteiger partial charge is 0.495 e. The summed E-state index contributed by atoms with van der Waals surface area (Å²) in [7, 11) is 1.58. The number of aliphatic imine (C=N–C) groups is 1. The molecule has 0 spiro atoms. The fourth-order valence-corrected chi connectivity index (χ4v) is 3.20. The van der Waals surface area contributed by atoms with E-state index in [0.29, 0.717) is 23.3 Å². The summed E-state index contributed by atoms with van der Waals surface area (Å²) in [6, 6.07) is 5.37. The van der Waals surface area contributed by atoms with Gasteiger partial charge in [-0.15, -0.1) is 10.2 Å². The Labute approximate surface area is 152 Å². The molecule has 0 saturated heterocycles. The molecule has 3 rings (SSSR count). The van der Waals surface area contributed by atoms with Crippen molar-refractivity contribution in [1.82, 2.24) is 14.8 Å². The van der Waals surface area contributed by atoms with Gasteiger partial charge in [0.15, 0.2) is 5.96 Å². The van der Waals surface area contributed by atoms with Crippen LogP contribution in [0.15, 0.2) is 23.2 Å². The van der Waals surface area contributed by atoms with Crippen molar-refractivity contribution in [2.75, 3.05) is 19.0 Å². The monoisotopic (exact) mass is 362 g/mol. The van der Waals surface area contributed by atoms with Crippen molar-refractivity contribution in [2.24, 2.45) is 10.7 Å². The number of benzene rings is 1. The standard InChI is InChI=1S/C17H23ClN6O/c1-25-14-7-6-12(11-13(14)18)21-17(19)20-9-8-16-23-22-15-5-3-2-4-10-24(15)16/h6-7,11H,2-5,8-10H2,1H3,(H3,19,20,21). The molecule has 2 aromatic rings. The summed E-state index contributed by atoms with van der Waals surface area (Å²) in [4.78, 5) is 4.37. The molecule has 2 heterocycles. The number of guanidine groups is 1. The topological polar surface area (TPSA) is 90.3 Å². The van der Waals surface area contributed by atoms with Crippen molar-refractivity contribution < 1.29 is 4.74 Å². The number of aromatic nitrogens is 3. The SMILES string of the molecule is COc1ccc(NC(N)=NCCc2nnc3n2CCCCC3)cc1Cl. The minimum Gasteiger partial charge on any atom is -0.495 e. The van der Waals surface area contributed by atoms with Gasteiger partial charge in [-0.2, -0.15) is 0 Å². The molecule has 1 aromatic carbocycles. The van der Waals surface area contributed by atoms with E-state index in [9.17, 15) is 0 Å². The fraction of sp³-hybridized carbons (Fsp3) is 0.471. The molecule has 0 saturated carbocycles. The predicted octanol–water partition coefficient (Wildman–Crippen LogP) is 2.64. The molecule has 0 bridgehead atoms. The second kappa shape index (κ2) is 8.20. The number of anilines is 1. The van der Waals surface area contributed by atoms with Crippen LogP contribution < -0.4 is 15.8 Å². The van der Waals surface area contributed by atoms with E-state index in [1.54, 1.807) is 19.2 Å². The van der Waals surface area contributed by atoms with Crippen molar-refractivity contribution in [2.45, 2.75) is 38.6 Å². The molecular weight excluding hydrogens is 340 g/mol. The number of hydrogen-bond donors (Lipinski definition) is 2. The Balaban J connectivity index is 1.57. The average Bonchev–Trinajstić information content (AvgIpc) is 2.82. The first-order chi connectivity index (χ1) is 12.2. The van der Waals surface area contributed by atoms with Crippen molar-refractivity contribution in [1.29, 1.82) is 0 Å². The van der Waals surface area contributed by atoms with E-state index < -0.39 is 0 Å². The lowest BCUT2D eigenvalue weighted by Gasteiger charge is -2.09. The van der Waals surface area contributed by atoms with Gasteiger partial charge in [-0.1, -0.05) is 18.0 Å². The molecular formula is C17H23ClN6O. The number of ether oxygens (including phenoxy) is 1. The number of nitrogens with zero attached hydrogens (tertiary/aromatic N) is 4. The number of aryl methyl sites for hydroxylation is 1. The van der Waals surface area contributed by atoms with E-state index in [4.69, 9.17) is 22.1 Å². The van der Waals surface area contributed by atoms with Crippen molar-refractivity contribution in [3.05, 3.63) is 34.9 Å². The third-order valence-corrected chi connectivity index (χ3v) is 4.52. The summed E-state index contributed by atoms with van der Waals surface area (Å²) in [6.07, 6.45) is 5.36. The highest BCUT2D eigenvalue weighted by molar-refractivity contribution is 6.32. The third-order valence-electron chi connectivity index (χ3n) is 4.23. The smallest absolute Gasteiger partial charge is 0.193 e. The van der Waals surface area contributed by atoms with Crippen LogP contribution in [-0.4, -0.2) is 34.4 Å². The van der Waals surface area contributed by atoms with Crippen molar-refractivity contribution >= 4 is 23.2 Å². The predicted molar refractivity (Wildman–Crippen MR) is 99.4 cm³/mol. The molecule has 7 nitrogen and oxygen atoms in total. The van der Waals surface area contributed by atoms with Gasteiger partial charge in [0.25, 0.3) is 0 Å². The quantitative estimate of drug-likeness (QED) is 0.630. The summed E-state index contributed by atoms with van der Waals surface area (Å²) in [5.41, 5.74) is 6.72. The first kappa shape index (κ1) is 17.5. The number of nitrogens with two attached hydrogens (primary N) is 1. The number of nitrogens with one attached hydrogen (secondary N) is 1. The maximum atomic E-state index is 6.10. The summed E-state index contributed by atoms with van der Waals surface area (Å²) in [5, 5.41) is 12.2. The number of rotatable bonds is 5. The van der Waals surface area contributed by atoms with Crippen LogP contribution in [0.4, 0.5) is 5.69 Å². The van der Waals surface area contributed by atoms with E-state index >= 15 is 0 Å².